The Morgan fingerprint density at radius 3 is 2.64 bits per heavy atom. The smallest absolute Gasteiger partial charge is 0.325 e. The molecule has 0 aliphatic carbocycles. The highest BCUT2D eigenvalue weighted by molar-refractivity contribution is 5.66. The summed E-state index contributed by atoms with van der Waals surface area (Å²) < 4.78 is 1.38. The van der Waals surface area contributed by atoms with E-state index in [1.54, 1.807) is 6.20 Å². The van der Waals surface area contributed by atoms with Crippen molar-refractivity contribution in [3.8, 4) is 0 Å². The zero-order valence-corrected chi connectivity index (χ0v) is 14.5. The largest absolute Gasteiger partial charge is 0.480 e. The topological polar surface area (TPSA) is 71.2 Å². The fraction of sp³-hybridized carbons (Fsp3) is 0.526. The van der Waals surface area contributed by atoms with Crippen LogP contribution >= 0.6 is 0 Å². The first-order valence-corrected chi connectivity index (χ1v) is 9.06. The molecule has 1 saturated heterocycles. The third-order valence-corrected chi connectivity index (χ3v) is 4.96. The molecular formula is C19H26N4O2. The van der Waals surface area contributed by atoms with Crippen molar-refractivity contribution in [2.24, 2.45) is 5.92 Å². The number of carbonyl (C=O) groups is 1. The molecule has 1 aromatic carbocycles. The molecule has 1 aliphatic rings. The summed E-state index contributed by atoms with van der Waals surface area (Å²) in [6.45, 7) is 3.13. The van der Waals surface area contributed by atoms with Crippen molar-refractivity contribution in [3.63, 3.8) is 0 Å². The fourth-order valence-corrected chi connectivity index (χ4v) is 3.46. The van der Waals surface area contributed by atoms with Crippen LogP contribution in [0.1, 0.15) is 30.5 Å². The molecule has 3 rings (SSSR count). The number of aromatic nitrogens is 3. The van der Waals surface area contributed by atoms with Crippen molar-refractivity contribution >= 4 is 5.97 Å². The van der Waals surface area contributed by atoms with Crippen LogP contribution in [0.2, 0.25) is 0 Å². The molecule has 134 valence electrons. The summed E-state index contributed by atoms with van der Waals surface area (Å²) in [4.78, 5) is 13.1. The number of rotatable bonds is 8. The second-order valence-electron chi connectivity index (χ2n) is 6.86. The first kappa shape index (κ1) is 17.6. The van der Waals surface area contributed by atoms with Gasteiger partial charge in [0.15, 0.2) is 0 Å². The molecule has 0 amide bonds. The average molecular weight is 342 g/mol. The first-order chi connectivity index (χ1) is 12.2. The zero-order valence-electron chi connectivity index (χ0n) is 14.5. The van der Waals surface area contributed by atoms with Crippen molar-refractivity contribution in [2.45, 2.75) is 38.6 Å². The Bertz CT molecular complexity index is 663. The van der Waals surface area contributed by atoms with Crippen LogP contribution in [0, 0.1) is 5.92 Å². The molecule has 0 atom stereocenters. The highest BCUT2D eigenvalue weighted by Crippen LogP contribution is 2.22. The lowest BCUT2D eigenvalue weighted by atomic mass is 9.90. The molecule has 2 heterocycles. The molecule has 1 aromatic heterocycles. The second kappa shape index (κ2) is 8.76. The van der Waals surface area contributed by atoms with Gasteiger partial charge in [-0.05, 0) is 50.3 Å². The minimum Gasteiger partial charge on any atom is -0.480 e. The maximum atomic E-state index is 10.7. The number of piperidine rings is 1. The maximum Gasteiger partial charge on any atom is 0.325 e. The Morgan fingerprint density at radius 1 is 1.16 bits per heavy atom. The summed E-state index contributed by atoms with van der Waals surface area (Å²) >= 11 is 0. The van der Waals surface area contributed by atoms with Crippen molar-refractivity contribution < 1.29 is 9.90 Å². The molecule has 6 nitrogen and oxygen atoms in total. The van der Waals surface area contributed by atoms with E-state index in [9.17, 15) is 4.79 Å². The molecule has 1 N–H and O–H groups in total. The van der Waals surface area contributed by atoms with Gasteiger partial charge in [-0.15, -0.1) is 5.10 Å². The van der Waals surface area contributed by atoms with E-state index < -0.39 is 5.97 Å². The molecule has 2 aromatic rings. The predicted octanol–water partition coefficient (Wildman–Crippen LogP) is 2.25. The van der Waals surface area contributed by atoms with Crippen LogP contribution in [0.3, 0.4) is 0 Å². The Kier molecular flexibility index (Phi) is 6.17. The highest BCUT2D eigenvalue weighted by Gasteiger charge is 2.19. The van der Waals surface area contributed by atoms with Crippen molar-refractivity contribution in [3.05, 3.63) is 47.8 Å². The Morgan fingerprint density at radius 2 is 1.92 bits per heavy atom. The van der Waals surface area contributed by atoms with Gasteiger partial charge >= 0.3 is 5.97 Å². The minimum atomic E-state index is -0.894. The summed E-state index contributed by atoms with van der Waals surface area (Å²) in [7, 11) is 0. The van der Waals surface area contributed by atoms with E-state index in [2.05, 4.69) is 45.5 Å². The van der Waals surface area contributed by atoms with E-state index in [4.69, 9.17) is 5.11 Å². The molecule has 1 aliphatic heterocycles. The van der Waals surface area contributed by atoms with Crippen molar-refractivity contribution in [1.29, 1.82) is 0 Å². The monoisotopic (exact) mass is 342 g/mol. The van der Waals surface area contributed by atoms with Gasteiger partial charge in [0.05, 0.1) is 5.69 Å². The molecule has 0 spiro atoms. The first-order valence-electron chi connectivity index (χ1n) is 9.06. The summed E-state index contributed by atoms with van der Waals surface area (Å²) in [5.74, 6) is -0.0677. The molecule has 6 heteroatoms. The van der Waals surface area contributed by atoms with Crippen LogP contribution in [0.15, 0.2) is 36.5 Å². The fourth-order valence-electron chi connectivity index (χ4n) is 3.46. The van der Waals surface area contributed by atoms with E-state index in [-0.39, 0.29) is 6.54 Å². The molecule has 0 saturated carbocycles. The van der Waals surface area contributed by atoms with Crippen LogP contribution in [-0.4, -0.2) is 50.6 Å². The second-order valence-corrected chi connectivity index (χ2v) is 6.86. The molecule has 0 radical (unpaired) electrons. The Balaban J connectivity index is 1.35. The van der Waals surface area contributed by atoms with Crippen LogP contribution in [0.5, 0.6) is 0 Å². The van der Waals surface area contributed by atoms with Gasteiger partial charge in [-0.25, -0.2) is 4.68 Å². The van der Waals surface area contributed by atoms with Crippen LogP contribution in [0.25, 0.3) is 0 Å². The molecule has 1 fully saturated rings. The maximum absolute atomic E-state index is 10.7. The standard InChI is InChI=1S/C19H26N4O2/c24-19(25)15-23-14-18(20-21-23)10-13-22-11-8-17(9-12-22)7-6-16-4-2-1-3-5-16/h1-5,14,17H,6-13,15H2,(H,24,25). The predicted molar refractivity (Wildman–Crippen MR) is 95.3 cm³/mol. The number of likely N-dealkylation sites (tertiary alicyclic amines) is 1. The van der Waals surface area contributed by atoms with Crippen LogP contribution < -0.4 is 0 Å². The summed E-state index contributed by atoms with van der Waals surface area (Å²) in [6, 6.07) is 10.7. The van der Waals surface area contributed by atoms with Gasteiger partial charge in [0.2, 0.25) is 0 Å². The lowest BCUT2D eigenvalue weighted by Crippen LogP contribution is -2.35. The van der Waals surface area contributed by atoms with E-state index in [1.807, 2.05) is 0 Å². The number of aliphatic carboxylic acids is 1. The SMILES string of the molecule is O=C(O)Cn1cc(CCN2CCC(CCc3ccccc3)CC2)nn1. The Hall–Kier alpha value is -2.21. The molecular weight excluding hydrogens is 316 g/mol. The van der Waals surface area contributed by atoms with Gasteiger partial charge < -0.3 is 10.0 Å². The summed E-state index contributed by atoms with van der Waals surface area (Å²) in [5.41, 5.74) is 2.31. The number of carboxylic acids is 1. The lowest BCUT2D eigenvalue weighted by molar-refractivity contribution is -0.137. The third kappa shape index (κ3) is 5.67. The number of hydrogen-bond donors (Lipinski definition) is 1. The van der Waals surface area contributed by atoms with E-state index in [1.165, 1.54) is 35.9 Å². The summed E-state index contributed by atoms with van der Waals surface area (Å²) in [6.07, 6.45) is 7.55. The van der Waals surface area contributed by atoms with Crippen molar-refractivity contribution in [2.75, 3.05) is 19.6 Å². The number of carboxylic acid groups (broad SMARTS) is 1. The number of aryl methyl sites for hydroxylation is 1. The van der Waals surface area contributed by atoms with E-state index >= 15 is 0 Å². The van der Waals surface area contributed by atoms with Gasteiger partial charge in [0.1, 0.15) is 6.54 Å². The lowest BCUT2D eigenvalue weighted by Gasteiger charge is -2.31. The molecule has 0 bridgehead atoms. The quantitative estimate of drug-likeness (QED) is 0.797. The number of hydrogen-bond acceptors (Lipinski definition) is 4. The van der Waals surface area contributed by atoms with Gasteiger partial charge in [-0.3, -0.25) is 4.79 Å². The highest BCUT2D eigenvalue weighted by atomic mass is 16.4. The van der Waals surface area contributed by atoms with Gasteiger partial charge in [-0.1, -0.05) is 35.5 Å². The van der Waals surface area contributed by atoms with Gasteiger partial charge in [-0.2, -0.15) is 0 Å². The molecule has 25 heavy (non-hydrogen) atoms. The van der Waals surface area contributed by atoms with E-state index in [0.717, 1.165) is 37.7 Å². The number of nitrogens with zero attached hydrogens (tertiary/aromatic N) is 4. The summed E-state index contributed by atoms with van der Waals surface area (Å²) in [5, 5.41) is 16.7. The normalized spacial score (nSPS) is 16.2. The Labute approximate surface area is 148 Å². The van der Waals surface area contributed by atoms with Gasteiger partial charge in [0.25, 0.3) is 0 Å². The van der Waals surface area contributed by atoms with Crippen LogP contribution in [0.4, 0.5) is 0 Å². The van der Waals surface area contributed by atoms with E-state index in [0.29, 0.717) is 0 Å². The molecule has 0 unspecified atom stereocenters. The van der Waals surface area contributed by atoms with Crippen molar-refractivity contribution in [1.82, 2.24) is 19.9 Å². The third-order valence-electron chi connectivity index (χ3n) is 4.96. The van der Waals surface area contributed by atoms with Crippen LogP contribution in [-0.2, 0) is 24.2 Å². The van der Waals surface area contributed by atoms with Gasteiger partial charge in [0, 0.05) is 19.2 Å². The minimum absolute atomic E-state index is 0.125. The number of benzene rings is 1. The average Bonchev–Trinajstić information content (AvgIpc) is 3.06. The zero-order chi connectivity index (χ0) is 17.5.